The van der Waals surface area contributed by atoms with Gasteiger partial charge in [0.1, 0.15) is 53.5 Å². The fraction of sp³-hybridized carbons (Fsp3) is 0.674. The number of hydrogen-bond acceptors (Lipinski definition) is 31. The number of nitrogens with zero attached hydrogens (tertiary/aromatic N) is 9. The van der Waals surface area contributed by atoms with Crippen molar-refractivity contribution in [3.8, 4) is 11.3 Å². The van der Waals surface area contributed by atoms with Gasteiger partial charge in [-0.2, -0.15) is 10.1 Å². The van der Waals surface area contributed by atoms with Crippen LogP contribution in [0.4, 0.5) is 11.8 Å². The number of benzene rings is 1. The van der Waals surface area contributed by atoms with Crippen LogP contribution in [-0.2, 0) is 105 Å². The number of methoxy groups -OCH3 is 2. The molecule has 36 heteroatoms. The number of amides is 3. The van der Waals surface area contributed by atoms with Crippen molar-refractivity contribution < 1.29 is 105 Å². The molecule has 125 heavy (non-hydrogen) atoms. The maximum atomic E-state index is 14.7. The number of aliphatic hydroxyl groups is 3. The highest BCUT2D eigenvalue weighted by molar-refractivity contribution is 6.39. The van der Waals surface area contributed by atoms with Gasteiger partial charge in [-0.3, -0.25) is 28.8 Å². The van der Waals surface area contributed by atoms with Crippen LogP contribution in [-0.4, -0.2) is 281 Å². The predicted octanol–water partition coefficient (Wildman–Crippen LogP) is 6.56. The van der Waals surface area contributed by atoms with E-state index in [0.717, 1.165) is 47.4 Å². The highest BCUT2D eigenvalue weighted by Gasteiger charge is 2.53. The molecule has 7 heterocycles. The second-order valence-corrected chi connectivity index (χ2v) is 33.2. The first-order valence-electron chi connectivity index (χ1n) is 44.3. The van der Waals surface area contributed by atoms with Crippen molar-refractivity contribution >= 4 is 75.0 Å². The molecule has 9 rings (SSSR count). The van der Waals surface area contributed by atoms with Crippen molar-refractivity contribution in [2.45, 2.75) is 237 Å². The van der Waals surface area contributed by atoms with Gasteiger partial charge in [-0.15, -0.1) is 5.10 Å². The van der Waals surface area contributed by atoms with Crippen LogP contribution in [0.3, 0.4) is 0 Å². The van der Waals surface area contributed by atoms with Gasteiger partial charge in [0.15, 0.2) is 17.0 Å². The number of nitrogens with one attached hydrogen (secondary N) is 2. The Labute approximate surface area is 731 Å². The van der Waals surface area contributed by atoms with Gasteiger partial charge in [-0.1, -0.05) is 69.4 Å². The molecule has 2 bridgehead atoms. The molecule has 15 atom stereocenters. The lowest BCUT2D eigenvalue weighted by Crippen LogP contribution is -2.61. The number of rotatable bonds is 41. The Morgan fingerprint density at radius 3 is 2.14 bits per heavy atom. The van der Waals surface area contributed by atoms with E-state index in [4.69, 9.17) is 78.8 Å². The number of allylic oxidation sites excluding steroid dienone is 6. The number of carbonyl (C=O) groups excluding carboxylic acids is 7. The number of aryl methyl sites for hydroxylation is 2. The Morgan fingerprint density at radius 2 is 1.42 bits per heavy atom. The number of carbonyl (C=O) groups is 7. The van der Waals surface area contributed by atoms with E-state index < -0.39 is 95.4 Å². The van der Waals surface area contributed by atoms with E-state index in [1.807, 2.05) is 62.6 Å². The molecule has 1 aliphatic carbocycles. The summed E-state index contributed by atoms with van der Waals surface area (Å²) in [4.78, 5) is 110. The van der Waals surface area contributed by atoms with Gasteiger partial charge in [0, 0.05) is 108 Å². The zero-order valence-electron chi connectivity index (χ0n) is 74.0. The van der Waals surface area contributed by atoms with Gasteiger partial charge in [-0.25, -0.2) is 24.1 Å². The van der Waals surface area contributed by atoms with Gasteiger partial charge in [0.2, 0.25) is 17.6 Å². The fourth-order valence-electron chi connectivity index (χ4n) is 16.2. The van der Waals surface area contributed by atoms with Crippen LogP contribution >= 0.6 is 0 Å². The normalized spacial score (nSPS) is 26.7. The topological polar surface area (TPSA) is 487 Å². The minimum Gasteiger partial charge on any atom is -0.459 e. The van der Waals surface area contributed by atoms with Crippen molar-refractivity contribution in [2.24, 2.45) is 35.3 Å². The summed E-state index contributed by atoms with van der Waals surface area (Å²) in [5.41, 5.74) is 24.1. The maximum Gasteiger partial charge on any atom is 0.329 e. The summed E-state index contributed by atoms with van der Waals surface area (Å²) in [7, 11) is 3.19. The van der Waals surface area contributed by atoms with Crippen LogP contribution in [0.15, 0.2) is 82.7 Å². The molecule has 4 aliphatic rings. The number of nitrogen functional groups attached to an aromatic ring is 2. The Kier molecular flexibility index (Phi) is 41.5. The molecule has 0 radical (unpaired) electrons. The van der Waals surface area contributed by atoms with Gasteiger partial charge in [-0.05, 0) is 151 Å². The molecule has 692 valence electrons. The number of Topliss-reactive ketones (excluding diaryl/α,β-unsaturated/α-hetero) is 3. The van der Waals surface area contributed by atoms with E-state index in [9.17, 15) is 48.9 Å². The Balaban J connectivity index is 0.596. The number of aromatic nitrogens is 8. The minimum atomic E-state index is -2.49. The molecular weight excluding hydrogens is 1620 g/mol. The Hall–Kier alpha value is -8.73. The van der Waals surface area contributed by atoms with E-state index >= 15 is 0 Å². The predicted molar refractivity (Wildman–Crippen MR) is 462 cm³/mol. The quantitative estimate of drug-likeness (QED) is 0.00888. The van der Waals surface area contributed by atoms with Crippen molar-refractivity contribution in [2.75, 3.05) is 131 Å². The van der Waals surface area contributed by atoms with Crippen LogP contribution in [0.25, 0.3) is 33.4 Å². The lowest BCUT2D eigenvalue weighted by Gasteiger charge is -2.42. The molecule has 2 saturated heterocycles. The molecule has 5 aromatic rings. The molecule has 4 aromatic heterocycles. The molecule has 1 saturated carbocycles. The third-order valence-corrected chi connectivity index (χ3v) is 23.5. The number of oxazole rings is 1. The zero-order chi connectivity index (χ0) is 89.8. The number of ether oxygens (including phenoxy) is 11. The first-order chi connectivity index (χ1) is 60.2. The number of cyclic esters (lactones) is 1. The number of unbranched alkanes of at least 4 members (excludes halogenated alkanes) is 2. The Bertz CT molecular complexity index is 4360. The first-order valence-corrected chi connectivity index (χ1v) is 44.3. The number of hydrogen-bond donors (Lipinski definition) is 8. The summed E-state index contributed by atoms with van der Waals surface area (Å²) in [6.07, 6.45) is 16.6. The molecule has 0 spiro atoms. The summed E-state index contributed by atoms with van der Waals surface area (Å²) in [5, 5.41) is 54.4. The second kappa shape index (κ2) is 51.9. The highest BCUT2D eigenvalue weighted by Crippen LogP contribution is 2.39. The summed E-state index contributed by atoms with van der Waals surface area (Å²) < 4.78 is 73.4. The van der Waals surface area contributed by atoms with Crippen molar-refractivity contribution in [1.82, 2.24) is 55.3 Å². The summed E-state index contributed by atoms with van der Waals surface area (Å²) >= 11 is 0. The SMILES string of the molecule is CO[C@H]1C[C@@H]2CC[C@@H](C)[C@@](O)(O2)C(=O)C(=O)N2CCCC[C@H]2C(=O)O[C@H]([C@H](N)C[C@@H]2CC[C@@H](OCCCCc3cn(CCOCCOCCOCCC(=O)NCCOCCOCCOCCC(=O)NCCCCn4nc(-c5ccc6oc(N)nc6c5)c5c(N)ncnc54)nn3)[C@H](OC)C2)CC(=O)[C@H](C)/C=C(\C)[C@@H](O)[C@@H](O)C(=O)[C@H](C)C[C@H](C)/C=C/C=C/C=C/1C. The van der Waals surface area contributed by atoms with Gasteiger partial charge >= 0.3 is 5.97 Å². The van der Waals surface area contributed by atoms with Gasteiger partial charge < -0.3 is 105 Å². The van der Waals surface area contributed by atoms with Gasteiger partial charge in [0.05, 0.1) is 121 Å². The third kappa shape index (κ3) is 31.0. The number of esters is 1. The summed E-state index contributed by atoms with van der Waals surface area (Å²) in [6, 6.07) is 3.41. The summed E-state index contributed by atoms with van der Waals surface area (Å²) in [6.45, 7) is 16.8. The average molecular weight is 1750 g/mol. The minimum absolute atomic E-state index is 0.0221. The number of ketones is 3. The van der Waals surface area contributed by atoms with E-state index in [-0.39, 0.29) is 99.3 Å². The molecule has 36 nitrogen and oxygen atoms in total. The van der Waals surface area contributed by atoms with E-state index in [2.05, 4.69) is 35.9 Å². The standard InChI is InChI=1S/C89H134N14O22/c1-57-18-10-9-11-19-58(2)73(114-7)53-66-25-22-62(6)89(113,125-66)83(110)86(111)102-32-15-12-21-69(102)87(112)123-74(54-70(104)59(3)49-61(5)81(108)82(109)80(107)60(4)48-57)67(90)50-63-23-26-72(75(51-63)115-8)122-35-17-13-20-65-55-101(100-98-65)34-39-119-43-47-121-45-41-117-37-29-77(106)94-31-38-118-42-46-120-44-40-116-36-28-76(105)93-30-14-16-33-103-85-78(84(91)95-56-96-85)79(99-103)64-24-27-71-68(52-64)97-88(92)124-71/h9-11,18-19,24,27,49,52,55-57,59-60,62-63,66-67,69,72-75,81-82,108-109,113H,12-17,20-23,25-26,28-48,50-51,53-54,90H2,1-8H3,(H2,92,97)(H,93,105)(H,94,106)(H2,91,95,96)/b11-9+,18-10+,58-19+,61-49+/t57-,59-,60-,62-,63+,66+,67-,69+,72-,73+,74+,75-,81-,82+,89-/m1/s1. The smallest absolute Gasteiger partial charge is 0.329 e. The van der Waals surface area contributed by atoms with Crippen LogP contribution < -0.4 is 27.8 Å². The highest BCUT2D eigenvalue weighted by atomic mass is 16.6. The molecule has 11 N–H and O–H groups in total. The van der Waals surface area contributed by atoms with Crippen LogP contribution in [0, 0.1) is 29.6 Å². The fourth-order valence-corrected chi connectivity index (χ4v) is 16.2. The third-order valence-electron chi connectivity index (χ3n) is 23.5. The zero-order valence-corrected chi connectivity index (χ0v) is 74.0. The van der Waals surface area contributed by atoms with Crippen molar-refractivity contribution in [3.05, 3.63) is 84.0 Å². The van der Waals surface area contributed by atoms with Crippen LogP contribution in [0.1, 0.15) is 163 Å². The molecule has 3 fully saturated rings. The molecular formula is C89H134N14O22. The average Bonchev–Trinajstić information content (AvgIpc) is 1.63. The molecule has 1 aromatic carbocycles. The first kappa shape index (κ1) is 100. The van der Waals surface area contributed by atoms with E-state index in [1.165, 1.54) is 19.3 Å². The number of piperidine rings is 1. The van der Waals surface area contributed by atoms with Crippen LogP contribution in [0.2, 0.25) is 0 Å². The largest absolute Gasteiger partial charge is 0.459 e. The molecule has 0 unspecified atom stereocenters. The summed E-state index contributed by atoms with van der Waals surface area (Å²) in [5.74, 6) is -8.88. The number of anilines is 2. The number of nitrogens with two attached hydrogens (primary N) is 3. The lowest BCUT2D eigenvalue weighted by atomic mass is 9.80. The number of fused-ring (bicyclic) bond motifs is 5. The van der Waals surface area contributed by atoms with Crippen molar-refractivity contribution in [1.29, 1.82) is 0 Å². The molecule has 3 amide bonds. The monoisotopic (exact) mass is 1750 g/mol. The lowest BCUT2D eigenvalue weighted by molar-refractivity contribution is -0.265. The van der Waals surface area contributed by atoms with E-state index in [0.29, 0.717) is 197 Å². The maximum absolute atomic E-state index is 14.7. The second-order valence-electron chi connectivity index (χ2n) is 33.2. The van der Waals surface area contributed by atoms with Crippen molar-refractivity contribution in [3.63, 3.8) is 0 Å². The molecule has 3 aliphatic heterocycles. The Morgan fingerprint density at radius 1 is 0.720 bits per heavy atom. The van der Waals surface area contributed by atoms with Crippen LogP contribution in [0.5, 0.6) is 0 Å². The van der Waals surface area contributed by atoms with Gasteiger partial charge in [0.25, 0.3) is 17.7 Å². The van der Waals surface area contributed by atoms with E-state index in [1.54, 1.807) is 50.4 Å². The number of aliphatic hydroxyl groups excluding tert-OH is 2.